The Morgan fingerprint density at radius 3 is 2.76 bits per heavy atom. The molecule has 2 amide bonds. The van der Waals surface area contributed by atoms with Gasteiger partial charge in [0, 0.05) is 10.6 Å². The Hall–Kier alpha value is -2.95. The number of methoxy groups -OCH3 is 1. The second-order valence-electron chi connectivity index (χ2n) is 5.87. The van der Waals surface area contributed by atoms with Crippen LogP contribution in [0.2, 0.25) is 5.02 Å². The van der Waals surface area contributed by atoms with E-state index < -0.39 is 17.0 Å². The van der Waals surface area contributed by atoms with Crippen molar-refractivity contribution in [3.63, 3.8) is 0 Å². The fourth-order valence-electron chi connectivity index (χ4n) is 2.64. The molecule has 2 aromatic carbocycles. The lowest BCUT2D eigenvalue weighted by Crippen LogP contribution is -2.28. The summed E-state index contributed by atoms with van der Waals surface area (Å²) in [5, 5.41) is -0.346. The molecule has 1 aliphatic heterocycles. The second kappa shape index (κ2) is 9.03. The van der Waals surface area contributed by atoms with Crippen molar-refractivity contribution in [2.75, 3.05) is 13.7 Å². The Morgan fingerprint density at radius 1 is 1.28 bits per heavy atom. The number of carbonyl (C=O) groups is 2. The van der Waals surface area contributed by atoms with Gasteiger partial charge >= 0.3 is 0 Å². The molecule has 1 heterocycles. The smallest absolute Gasteiger partial charge is 0.293 e. The third-order valence-electron chi connectivity index (χ3n) is 4.05. The van der Waals surface area contributed by atoms with Crippen molar-refractivity contribution in [1.82, 2.24) is 4.90 Å². The molecule has 3 rings (SSSR count). The first-order valence-corrected chi connectivity index (χ1v) is 9.56. The standard InChI is InChI=1S/C21H15ClFNO4S/c1-3-9-28-17-8-7-13(10-18(17)27-2)11-19-20(25)24(21(26)29-19)12-14-15(22)5-4-6-16(14)23/h1,4-8,10-11H,9,12H2,2H3/b19-11-. The Bertz CT molecular complexity index is 1030. The van der Waals surface area contributed by atoms with Crippen LogP contribution in [0.5, 0.6) is 11.5 Å². The van der Waals surface area contributed by atoms with Gasteiger partial charge < -0.3 is 9.47 Å². The third-order valence-corrected chi connectivity index (χ3v) is 5.31. The van der Waals surface area contributed by atoms with Gasteiger partial charge in [-0.25, -0.2) is 4.39 Å². The molecule has 0 N–H and O–H groups in total. The number of ether oxygens (including phenoxy) is 2. The van der Waals surface area contributed by atoms with E-state index in [1.165, 1.54) is 25.3 Å². The summed E-state index contributed by atoms with van der Waals surface area (Å²) in [5.41, 5.74) is 0.721. The van der Waals surface area contributed by atoms with Crippen LogP contribution >= 0.6 is 23.4 Å². The first kappa shape index (κ1) is 20.8. The first-order chi connectivity index (χ1) is 13.9. The topological polar surface area (TPSA) is 55.8 Å². The molecule has 8 heteroatoms. The summed E-state index contributed by atoms with van der Waals surface area (Å²) in [6.07, 6.45) is 6.74. The van der Waals surface area contributed by atoms with Crippen LogP contribution in [0.25, 0.3) is 6.08 Å². The van der Waals surface area contributed by atoms with Crippen LogP contribution in [0.3, 0.4) is 0 Å². The number of amides is 2. The summed E-state index contributed by atoms with van der Waals surface area (Å²) >= 11 is 6.78. The maximum Gasteiger partial charge on any atom is 0.293 e. The highest BCUT2D eigenvalue weighted by atomic mass is 35.5. The molecule has 1 aliphatic rings. The molecule has 148 valence electrons. The van der Waals surface area contributed by atoms with Crippen molar-refractivity contribution >= 4 is 40.6 Å². The molecule has 2 aromatic rings. The summed E-state index contributed by atoms with van der Waals surface area (Å²) in [6, 6.07) is 9.21. The van der Waals surface area contributed by atoms with Crippen LogP contribution in [0.15, 0.2) is 41.3 Å². The minimum absolute atomic E-state index is 0.0905. The van der Waals surface area contributed by atoms with Crippen LogP contribution in [0.1, 0.15) is 11.1 Å². The number of hydrogen-bond donors (Lipinski definition) is 0. The first-order valence-electron chi connectivity index (χ1n) is 8.37. The Labute approximate surface area is 176 Å². The van der Waals surface area contributed by atoms with Gasteiger partial charge in [-0.2, -0.15) is 0 Å². The van der Waals surface area contributed by atoms with Gasteiger partial charge in [0.2, 0.25) is 0 Å². The molecular formula is C21H15ClFNO4S. The molecule has 0 bridgehead atoms. The molecule has 0 atom stereocenters. The van der Waals surface area contributed by atoms with Gasteiger partial charge in [0.1, 0.15) is 12.4 Å². The average Bonchev–Trinajstić information content (AvgIpc) is 2.96. The van der Waals surface area contributed by atoms with E-state index in [9.17, 15) is 14.0 Å². The highest BCUT2D eigenvalue weighted by molar-refractivity contribution is 8.18. The summed E-state index contributed by atoms with van der Waals surface area (Å²) < 4.78 is 24.7. The fourth-order valence-corrected chi connectivity index (χ4v) is 3.70. The molecule has 0 radical (unpaired) electrons. The summed E-state index contributed by atoms with van der Waals surface area (Å²) in [6.45, 7) is -0.150. The van der Waals surface area contributed by atoms with Crippen LogP contribution in [-0.2, 0) is 11.3 Å². The molecular weight excluding hydrogens is 417 g/mol. The van der Waals surface area contributed by atoms with E-state index in [4.69, 9.17) is 27.5 Å². The number of benzene rings is 2. The predicted octanol–water partition coefficient (Wildman–Crippen LogP) is 4.74. The largest absolute Gasteiger partial charge is 0.493 e. The third kappa shape index (κ3) is 4.56. The van der Waals surface area contributed by atoms with Crippen LogP contribution < -0.4 is 9.47 Å². The predicted molar refractivity (Wildman–Crippen MR) is 110 cm³/mol. The van der Waals surface area contributed by atoms with Gasteiger partial charge in [-0.05, 0) is 47.7 Å². The lowest BCUT2D eigenvalue weighted by molar-refractivity contribution is -0.123. The van der Waals surface area contributed by atoms with E-state index in [0.717, 1.165) is 16.7 Å². The number of terminal acetylenes is 1. The molecule has 5 nitrogen and oxygen atoms in total. The molecule has 29 heavy (non-hydrogen) atoms. The van der Waals surface area contributed by atoms with Crippen LogP contribution in [0.4, 0.5) is 9.18 Å². The van der Waals surface area contributed by atoms with E-state index in [1.54, 1.807) is 24.3 Å². The van der Waals surface area contributed by atoms with Gasteiger partial charge in [0.25, 0.3) is 11.1 Å². The summed E-state index contributed by atoms with van der Waals surface area (Å²) in [4.78, 5) is 26.2. The van der Waals surface area contributed by atoms with E-state index in [0.29, 0.717) is 17.1 Å². The summed E-state index contributed by atoms with van der Waals surface area (Å²) in [5.74, 6) is 2.17. The molecule has 0 saturated carbocycles. The Balaban J connectivity index is 1.84. The number of nitrogens with zero attached hydrogens (tertiary/aromatic N) is 1. The molecule has 0 spiro atoms. The molecule has 1 saturated heterocycles. The van der Waals surface area contributed by atoms with Crippen molar-refractivity contribution in [3.05, 3.63) is 63.3 Å². The van der Waals surface area contributed by atoms with Gasteiger partial charge in [-0.1, -0.05) is 29.7 Å². The van der Waals surface area contributed by atoms with Gasteiger partial charge in [-0.3, -0.25) is 14.5 Å². The number of imide groups is 1. The molecule has 0 aliphatic carbocycles. The van der Waals surface area contributed by atoms with Crippen molar-refractivity contribution in [2.45, 2.75) is 6.54 Å². The highest BCUT2D eigenvalue weighted by Gasteiger charge is 2.35. The average molecular weight is 432 g/mol. The Morgan fingerprint density at radius 2 is 2.07 bits per heavy atom. The lowest BCUT2D eigenvalue weighted by Gasteiger charge is -2.14. The number of carbonyl (C=O) groups excluding carboxylic acids is 2. The van der Waals surface area contributed by atoms with E-state index in [1.807, 2.05) is 0 Å². The quantitative estimate of drug-likeness (QED) is 0.488. The Kier molecular flexibility index (Phi) is 6.47. The van der Waals surface area contributed by atoms with Gasteiger partial charge in [-0.15, -0.1) is 6.42 Å². The van der Waals surface area contributed by atoms with Crippen molar-refractivity contribution in [2.24, 2.45) is 0 Å². The minimum Gasteiger partial charge on any atom is -0.493 e. The van der Waals surface area contributed by atoms with E-state index in [2.05, 4.69) is 5.92 Å². The summed E-state index contributed by atoms with van der Waals surface area (Å²) in [7, 11) is 1.48. The zero-order chi connectivity index (χ0) is 21.0. The van der Waals surface area contributed by atoms with E-state index in [-0.39, 0.29) is 28.6 Å². The SMILES string of the molecule is C#CCOc1ccc(/C=C2\SC(=O)N(Cc3c(F)cccc3Cl)C2=O)cc1OC. The maximum absolute atomic E-state index is 14.0. The number of rotatable bonds is 6. The lowest BCUT2D eigenvalue weighted by atomic mass is 10.1. The molecule has 0 unspecified atom stereocenters. The maximum atomic E-state index is 14.0. The van der Waals surface area contributed by atoms with Gasteiger partial charge in [0.15, 0.2) is 11.5 Å². The molecule has 0 aromatic heterocycles. The highest BCUT2D eigenvalue weighted by Crippen LogP contribution is 2.36. The van der Waals surface area contributed by atoms with Gasteiger partial charge in [0.05, 0.1) is 18.6 Å². The number of thioether (sulfide) groups is 1. The minimum atomic E-state index is -0.576. The van der Waals surface area contributed by atoms with Crippen molar-refractivity contribution < 1.29 is 23.5 Å². The molecule has 1 fully saturated rings. The van der Waals surface area contributed by atoms with Crippen molar-refractivity contribution in [1.29, 1.82) is 0 Å². The normalized spacial score (nSPS) is 15.0. The fraction of sp³-hybridized carbons (Fsp3) is 0.143. The van der Waals surface area contributed by atoms with Crippen molar-refractivity contribution in [3.8, 4) is 23.8 Å². The van der Waals surface area contributed by atoms with Crippen LogP contribution in [-0.4, -0.2) is 29.8 Å². The number of hydrogen-bond acceptors (Lipinski definition) is 5. The number of halogens is 2. The van der Waals surface area contributed by atoms with E-state index >= 15 is 0 Å². The van der Waals surface area contributed by atoms with Crippen LogP contribution in [0, 0.1) is 18.2 Å². The monoisotopic (exact) mass is 431 g/mol. The second-order valence-corrected chi connectivity index (χ2v) is 7.27. The zero-order valence-corrected chi connectivity index (χ0v) is 16.8. The zero-order valence-electron chi connectivity index (χ0n) is 15.3.